The van der Waals surface area contributed by atoms with Gasteiger partial charge in [-0.25, -0.2) is 18.4 Å². The first-order valence-corrected chi connectivity index (χ1v) is 15.1. The second kappa shape index (κ2) is 11.9. The lowest BCUT2D eigenvalue weighted by Crippen LogP contribution is -2.32. The molecule has 0 aliphatic rings. The van der Waals surface area contributed by atoms with Gasteiger partial charge in [0, 0.05) is 12.4 Å². The van der Waals surface area contributed by atoms with Crippen LogP contribution >= 0.6 is 0 Å². The van der Waals surface area contributed by atoms with Gasteiger partial charge in [0.1, 0.15) is 11.6 Å². The molecule has 2 N–H and O–H groups in total. The first kappa shape index (κ1) is 28.1. The molecule has 5 aromatic rings. The van der Waals surface area contributed by atoms with Crippen LogP contribution in [0, 0.1) is 0 Å². The van der Waals surface area contributed by atoms with E-state index in [1.54, 1.807) is 33.2 Å². The van der Waals surface area contributed by atoms with Crippen LogP contribution < -0.4 is 10.6 Å². The van der Waals surface area contributed by atoms with E-state index in [9.17, 15) is 8.42 Å². The Morgan fingerprint density at radius 2 is 0.976 bits per heavy atom. The van der Waals surface area contributed by atoms with Crippen molar-refractivity contribution in [3.8, 4) is 0 Å². The third kappa shape index (κ3) is 6.15. The number of aromatic nitrogens is 2. The summed E-state index contributed by atoms with van der Waals surface area (Å²) >= 11 is 0. The fourth-order valence-corrected chi connectivity index (χ4v) is 6.41. The highest BCUT2D eigenvalue weighted by atomic mass is 32.2. The van der Waals surface area contributed by atoms with Gasteiger partial charge in [-0.15, -0.1) is 0 Å². The van der Waals surface area contributed by atoms with Gasteiger partial charge >= 0.3 is 0 Å². The summed E-state index contributed by atoms with van der Waals surface area (Å²) in [7, 11) is -3.85. The molecule has 2 atom stereocenters. The fraction of sp³-hybridized carbons (Fsp3) is 0.176. The SMILES string of the molecule is CC(C)(C)S(=O)(=O)c1c(C(Nc2ccccn2)c2ccccc2)cccc1C(Nc1ccccn1)c1ccccc1. The first-order chi connectivity index (χ1) is 19.8. The van der Waals surface area contributed by atoms with Crippen LogP contribution in [0.3, 0.4) is 0 Å². The van der Waals surface area contributed by atoms with E-state index in [4.69, 9.17) is 0 Å². The molecule has 0 radical (unpaired) electrons. The third-order valence-corrected chi connectivity index (χ3v) is 9.57. The number of pyridine rings is 2. The predicted molar refractivity (Wildman–Crippen MR) is 166 cm³/mol. The van der Waals surface area contributed by atoms with Crippen molar-refractivity contribution in [2.45, 2.75) is 42.5 Å². The Morgan fingerprint density at radius 1 is 0.561 bits per heavy atom. The average Bonchev–Trinajstić information content (AvgIpc) is 3.00. The smallest absolute Gasteiger partial charge is 0.183 e. The lowest BCUT2D eigenvalue weighted by Gasteiger charge is -2.31. The number of rotatable bonds is 9. The van der Waals surface area contributed by atoms with E-state index in [0.29, 0.717) is 27.7 Å². The molecule has 0 saturated heterocycles. The number of hydrogen-bond acceptors (Lipinski definition) is 6. The minimum absolute atomic E-state index is 0.294. The van der Waals surface area contributed by atoms with Crippen molar-refractivity contribution in [3.05, 3.63) is 150 Å². The Labute approximate surface area is 242 Å². The molecule has 7 heteroatoms. The number of anilines is 2. The van der Waals surface area contributed by atoms with Gasteiger partial charge in [0.05, 0.1) is 21.7 Å². The van der Waals surface area contributed by atoms with Gasteiger partial charge in [-0.2, -0.15) is 0 Å². The number of nitrogens with zero attached hydrogens (tertiary/aromatic N) is 2. The standard InChI is InChI=1S/C34H34N4O2S/c1-34(2,3)41(39,40)33-27(31(25-15-6-4-7-16-25)37-29-21-10-12-23-35-29)19-14-20-28(33)32(26-17-8-5-9-18-26)38-30-22-11-13-24-36-30/h4-24,31-32H,1-3H3,(H,35,37)(H,36,38). The second-order valence-electron chi connectivity index (χ2n) is 10.8. The van der Waals surface area contributed by atoms with Gasteiger partial charge in [-0.05, 0) is 67.3 Å². The van der Waals surface area contributed by atoms with Gasteiger partial charge in [0.2, 0.25) is 0 Å². The van der Waals surface area contributed by atoms with Crippen LogP contribution in [-0.2, 0) is 9.84 Å². The van der Waals surface area contributed by atoms with Crippen molar-refractivity contribution in [1.82, 2.24) is 9.97 Å². The summed E-state index contributed by atoms with van der Waals surface area (Å²) < 4.78 is 28.1. The van der Waals surface area contributed by atoms with E-state index in [2.05, 4.69) is 20.6 Å². The Hall–Kier alpha value is -4.49. The van der Waals surface area contributed by atoms with Crippen LogP contribution in [0.25, 0.3) is 0 Å². The van der Waals surface area contributed by atoms with Gasteiger partial charge in [0.25, 0.3) is 0 Å². The number of nitrogens with one attached hydrogen (secondary N) is 2. The number of sulfone groups is 1. The van der Waals surface area contributed by atoms with Crippen molar-refractivity contribution in [2.75, 3.05) is 10.6 Å². The van der Waals surface area contributed by atoms with E-state index in [0.717, 1.165) is 11.1 Å². The molecular weight excluding hydrogens is 528 g/mol. The normalized spacial score (nSPS) is 13.2. The van der Waals surface area contributed by atoms with Crippen molar-refractivity contribution in [1.29, 1.82) is 0 Å². The van der Waals surface area contributed by atoms with Gasteiger partial charge < -0.3 is 10.6 Å². The van der Waals surface area contributed by atoms with Crippen LogP contribution in [0.2, 0.25) is 0 Å². The Morgan fingerprint density at radius 3 is 1.34 bits per heavy atom. The molecule has 0 amide bonds. The molecule has 0 aliphatic heterocycles. The predicted octanol–water partition coefficient (Wildman–Crippen LogP) is 7.45. The minimum Gasteiger partial charge on any atom is -0.359 e. The zero-order valence-corrected chi connectivity index (χ0v) is 24.2. The van der Waals surface area contributed by atoms with E-state index in [1.165, 1.54) is 0 Å². The van der Waals surface area contributed by atoms with Crippen LogP contribution in [0.15, 0.2) is 133 Å². The van der Waals surface area contributed by atoms with Crippen molar-refractivity contribution >= 4 is 21.5 Å². The highest BCUT2D eigenvalue weighted by Gasteiger charge is 2.38. The lowest BCUT2D eigenvalue weighted by molar-refractivity contribution is 0.556. The molecule has 3 aromatic carbocycles. The maximum atomic E-state index is 14.6. The van der Waals surface area contributed by atoms with Gasteiger partial charge in [-0.3, -0.25) is 0 Å². The molecule has 0 fully saturated rings. The topological polar surface area (TPSA) is 84.0 Å². The zero-order chi connectivity index (χ0) is 28.9. The van der Waals surface area contributed by atoms with Crippen LogP contribution in [0.1, 0.15) is 55.1 Å². The highest BCUT2D eigenvalue weighted by Crippen LogP contribution is 2.41. The van der Waals surface area contributed by atoms with E-state index in [1.807, 2.05) is 115 Å². The molecule has 208 valence electrons. The molecule has 0 saturated carbocycles. The van der Waals surface area contributed by atoms with E-state index >= 15 is 0 Å². The monoisotopic (exact) mass is 562 g/mol. The summed E-state index contributed by atoms with van der Waals surface area (Å²) in [6.45, 7) is 5.24. The molecule has 2 unspecified atom stereocenters. The molecule has 2 heterocycles. The quantitative estimate of drug-likeness (QED) is 0.194. The van der Waals surface area contributed by atoms with Crippen LogP contribution in [-0.4, -0.2) is 23.1 Å². The maximum Gasteiger partial charge on any atom is 0.183 e. The summed E-state index contributed by atoms with van der Waals surface area (Å²) in [6.07, 6.45) is 3.44. The Bertz CT molecular complexity index is 1570. The lowest BCUT2D eigenvalue weighted by atomic mass is 9.92. The maximum absolute atomic E-state index is 14.6. The summed E-state index contributed by atoms with van der Waals surface area (Å²) in [5.74, 6) is 1.30. The zero-order valence-electron chi connectivity index (χ0n) is 23.4. The molecular formula is C34H34N4O2S. The summed E-state index contributed by atoms with van der Waals surface area (Å²) in [4.78, 5) is 9.27. The summed E-state index contributed by atoms with van der Waals surface area (Å²) in [6, 6.07) is 35.8. The van der Waals surface area contributed by atoms with Crippen molar-refractivity contribution in [3.63, 3.8) is 0 Å². The second-order valence-corrected chi connectivity index (χ2v) is 13.4. The fourth-order valence-electron chi connectivity index (χ4n) is 4.81. The largest absolute Gasteiger partial charge is 0.359 e. The summed E-state index contributed by atoms with van der Waals surface area (Å²) in [5, 5.41) is 7.05. The Balaban J connectivity index is 1.79. The van der Waals surface area contributed by atoms with Crippen LogP contribution in [0.5, 0.6) is 0 Å². The van der Waals surface area contributed by atoms with Crippen LogP contribution in [0.4, 0.5) is 11.6 Å². The van der Waals surface area contributed by atoms with Gasteiger partial charge in [-0.1, -0.05) is 91.0 Å². The molecule has 0 spiro atoms. The molecule has 0 aliphatic carbocycles. The molecule has 5 rings (SSSR count). The third-order valence-electron chi connectivity index (χ3n) is 6.95. The average molecular weight is 563 g/mol. The number of benzene rings is 3. The van der Waals surface area contributed by atoms with Crippen molar-refractivity contribution in [2.24, 2.45) is 0 Å². The molecule has 41 heavy (non-hydrogen) atoms. The minimum atomic E-state index is -3.85. The highest BCUT2D eigenvalue weighted by molar-refractivity contribution is 7.92. The summed E-state index contributed by atoms with van der Waals surface area (Å²) in [5.41, 5.74) is 3.15. The molecule has 6 nitrogen and oxygen atoms in total. The molecule has 0 bridgehead atoms. The first-order valence-electron chi connectivity index (χ1n) is 13.6. The number of hydrogen-bond donors (Lipinski definition) is 2. The van der Waals surface area contributed by atoms with E-state index < -0.39 is 26.7 Å². The molecule has 2 aromatic heterocycles. The Kier molecular flexibility index (Phi) is 8.17. The van der Waals surface area contributed by atoms with Crippen molar-refractivity contribution < 1.29 is 8.42 Å². The van der Waals surface area contributed by atoms with E-state index in [-0.39, 0.29) is 0 Å². The van der Waals surface area contributed by atoms with Gasteiger partial charge in [0.15, 0.2) is 9.84 Å².